The van der Waals surface area contributed by atoms with Crippen LogP contribution in [0.15, 0.2) is 29.6 Å². The van der Waals surface area contributed by atoms with Crippen molar-refractivity contribution in [1.29, 1.82) is 0 Å². The van der Waals surface area contributed by atoms with E-state index in [1.807, 2.05) is 29.6 Å². The Hall–Kier alpha value is -1.43. The number of halogens is 1. The Bertz CT molecular complexity index is 635. The molecule has 2 N–H and O–H groups in total. The third-order valence-electron chi connectivity index (χ3n) is 3.70. The highest BCUT2D eigenvalue weighted by Gasteiger charge is 2.21. The predicted molar refractivity (Wildman–Crippen MR) is 90.3 cm³/mol. The minimum Gasteiger partial charge on any atom is -0.354 e. The minimum absolute atomic E-state index is 0.0138. The van der Waals surface area contributed by atoms with Gasteiger partial charge in [0.2, 0.25) is 5.91 Å². The van der Waals surface area contributed by atoms with E-state index in [2.05, 4.69) is 15.6 Å². The molecule has 1 aliphatic rings. The summed E-state index contributed by atoms with van der Waals surface area (Å²) in [7, 11) is 0. The number of carbonyl (C=O) groups excluding carboxylic acids is 1. The standard InChI is InChI=1S/C16H18ClN3OS/c17-12-5-3-11(4-6-12)16-20-13(10-22-16)7-9-19-15(21)14-2-1-8-18-14/h3-6,10,14,18H,1-2,7-9H2,(H,19,21). The topological polar surface area (TPSA) is 54.0 Å². The molecule has 1 aromatic carbocycles. The molecule has 22 heavy (non-hydrogen) atoms. The smallest absolute Gasteiger partial charge is 0.237 e. The molecule has 0 spiro atoms. The quantitative estimate of drug-likeness (QED) is 0.883. The van der Waals surface area contributed by atoms with E-state index in [4.69, 9.17) is 11.6 Å². The van der Waals surface area contributed by atoms with Gasteiger partial charge in [-0.15, -0.1) is 11.3 Å². The zero-order chi connectivity index (χ0) is 15.4. The summed E-state index contributed by atoms with van der Waals surface area (Å²) in [6, 6.07) is 7.66. The summed E-state index contributed by atoms with van der Waals surface area (Å²) >= 11 is 7.51. The van der Waals surface area contributed by atoms with Crippen LogP contribution in [-0.2, 0) is 11.2 Å². The van der Waals surface area contributed by atoms with Crippen LogP contribution in [0.4, 0.5) is 0 Å². The number of hydrogen-bond acceptors (Lipinski definition) is 4. The van der Waals surface area contributed by atoms with Gasteiger partial charge < -0.3 is 10.6 Å². The van der Waals surface area contributed by atoms with Crippen LogP contribution in [0.2, 0.25) is 5.02 Å². The van der Waals surface area contributed by atoms with Gasteiger partial charge in [0.1, 0.15) is 5.01 Å². The average Bonchev–Trinajstić information content (AvgIpc) is 3.19. The number of amides is 1. The molecule has 1 fully saturated rings. The normalized spacial score (nSPS) is 17.6. The molecule has 3 rings (SSSR count). The maximum atomic E-state index is 11.9. The van der Waals surface area contributed by atoms with E-state index in [0.29, 0.717) is 6.54 Å². The zero-order valence-corrected chi connectivity index (χ0v) is 13.7. The Morgan fingerprint density at radius 3 is 2.95 bits per heavy atom. The van der Waals surface area contributed by atoms with Gasteiger partial charge in [-0.3, -0.25) is 4.79 Å². The predicted octanol–water partition coefficient (Wildman–Crippen LogP) is 2.87. The molecule has 116 valence electrons. The van der Waals surface area contributed by atoms with Crippen molar-refractivity contribution in [3.05, 3.63) is 40.4 Å². The zero-order valence-electron chi connectivity index (χ0n) is 12.1. The number of hydrogen-bond donors (Lipinski definition) is 2. The summed E-state index contributed by atoms with van der Waals surface area (Å²) in [5, 5.41) is 9.93. The van der Waals surface area contributed by atoms with Crippen LogP contribution in [0.1, 0.15) is 18.5 Å². The fourth-order valence-electron chi connectivity index (χ4n) is 2.49. The molecule has 1 saturated heterocycles. The van der Waals surface area contributed by atoms with Crippen LogP contribution in [0.3, 0.4) is 0 Å². The van der Waals surface area contributed by atoms with Crippen LogP contribution < -0.4 is 10.6 Å². The van der Waals surface area contributed by atoms with Crippen LogP contribution in [0, 0.1) is 0 Å². The first kappa shape index (κ1) is 15.5. The summed E-state index contributed by atoms with van der Waals surface area (Å²) in [5.74, 6) is 0.102. The van der Waals surface area contributed by atoms with Crippen molar-refractivity contribution < 1.29 is 4.79 Å². The summed E-state index contributed by atoms with van der Waals surface area (Å²) in [6.07, 6.45) is 2.76. The highest BCUT2D eigenvalue weighted by molar-refractivity contribution is 7.13. The van der Waals surface area contributed by atoms with Crippen LogP contribution in [-0.4, -0.2) is 30.0 Å². The number of aromatic nitrogens is 1. The van der Waals surface area contributed by atoms with Crippen molar-refractivity contribution in [3.8, 4) is 10.6 Å². The summed E-state index contributed by atoms with van der Waals surface area (Å²) in [4.78, 5) is 16.5. The van der Waals surface area contributed by atoms with Crippen LogP contribution >= 0.6 is 22.9 Å². The monoisotopic (exact) mass is 335 g/mol. The van der Waals surface area contributed by atoms with Gasteiger partial charge in [0.25, 0.3) is 0 Å². The first-order valence-electron chi connectivity index (χ1n) is 7.44. The van der Waals surface area contributed by atoms with Crippen molar-refractivity contribution in [2.75, 3.05) is 13.1 Å². The van der Waals surface area contributed by atoms with Gasteiger partial charge in [-0.1, -0.05) is 23.7 Å². The summed E-state index contributed by atoms with van der Waals surface area (Å²) < 4.78 is 0. The Balaban J connectivity index is 1.51. The highest BCUT2D eigenvalue weighted by Crippen LogP contribution is 2.25. The van der Waals surface area contributed by atoms with Crippen molar-refractivity contribution >= 4 is 28.8 Å². The van der Waals surface area contributed by atoms with E-state index in [0.717, 1.165) is 47.1 Å². The molecule has 0 radical (unpaired) electrons. The van der Waals surface area contributed by atoms with E-state index < -0.39 is 0 Å². The number of carbonyl (C=O) groups is 1. The van der Waals surface area contributed by atoms with Gasteiger partial charge in [0, 0.05) is 28.9 Å². The Kier molecular flexibility index (Phi) is 5.08. The van der Waals surface area contributed by atoms with E-state index >= 15 is 0 Å². The minimum atomic E-state index is -0.0138. The second-order valence-corrected chi connectivity index (χ2v) is 6.64. The van der Waals surface area contributed by atoms with Crippen LogP contribution in [0.25, 0.3) is 10.6 Å². The molecule has 4 nitrogen and oxygen atoms in total. The van der Waals surface area contributed by atoms with Gasteiger partial charge in [-0.05, 0) is 31.5 Å². The fraction of sp³-hybridized carbons (Fsp3) is 0.375. The maximum absolute atomic E-state index is 11.9. The molecule has 2 heterocycles. The van der Waals surface area contributed by atoms with E-state index in [1.54, 1.807) is 11.3 Å². The van der Waals surface area contributed by atoms with Crippen molar-refractivity contribution in [2.45, 2.75) is 25.3 Å². The molecular formula is C16H18ClN3OS. The first-order chi connectivity index (χ1) is 10.7. The molecule has 1 aliphatic heterocycles. The number of thiazole rings is 1. The average molecular weight is 336 g/mol. The lowest BCUT2D eigenvalue weighted by Gasteiger charge is -2.10. The molecule has 6 heteroatoms. The molecular weight excluding hydrogens is 318 g/mol. The second kappa shape index (κ2) is 7.22. The maximum Gasteiger partial charge on any atom is 0.237 e. The first-order valence-corrected chi connectivity index (χ1v) is 8.69. The molecule has 1 unspecified atom stereocenters. The lowest BCUT2D eigenvalue weighted by molar-refractivity contribution is -0.122. The lowest BCUT2D eigenvalue weighted by Crippen LogP contribution is -2.41. The molecule has 0 bridgehead atoms. The molecule has 0 saturated carbocycles. The molecule has 1 atom stereocenters. The third-order valence-corrected chi connectivity index (χ3v) is 4.89. The van der Waals surface area contributed by atoms with Gasteiger partial charge in [0.15, 0.2) is 0 Å². The van der Waals surface area contributed by atoms with Crippen molar-refractivity contribution in [3.63, 3.8) is 0 Å². The molecule has 0 aliphatic carbocycles. The molecule has 1 aromatic heterocycles. The van der Waals surface area contributed by atoms with Gasteiger partial charge in [-0.2, -0.15) is 0 Å². The molecule has 1 amide bonds. The summed E-state index contributed by atoms with van der Waals surface area (Å²) in [6.45, 7) is 1.56. The number of rotatable bonds is 5. The molecule has 2 aromatic rings. The Morgan fingerprint density at radius 2 is 2.23 bits per heavy atom. The van der Waals surface area contributed by atoms with E-state index in [-0.39, 0.29) is 11.9 Å². The van der Waals surface area contributed by atoms with E-state index in [9.17, 15) is 4.79 Å². The van der Waals surface area contributed by atoms with Gasteiger partial charge >= 0.3 is 0 Å². The van der Waals surface area contributed by atoms with Crippen molar-refractivity contribution in [1.82, 2.24) is 15.6 Å². The Labute approximate surface area is 138 Å². The van der Waals surface area contributed by atoms with E-state index in [1.165, 1.54) is 0 Å². The van der Waals surface area contributed by atoms with Gasteiger partial charge in [0.05, 0.1) is 11.7 Å². The highest BCUT2D eigenvalue weighted by atomic mass is 35.5. The lowest BCUT2D eigenvalue weighted by atomic mass is 10.2. The second-order valence-electron chi connectivity index (χ2n) is 5.34. The van der Waals surface area contributed by atoms with Gasteiger partial charge in [-0.25, -0.2) is 4.98 Å². The summed E-state index contributed by atoms with van der Waals surface area (Å²) in [5.41, 5.74) is 2.08. The number of benzene rings is 1. The number of nitrogens with zero attached hydrogens (tertiary/aromatic N) is 1. The Morgan fingerprint density at radius 1 is 1.41 bits per heavy atom. The fourth-order valence-corrected chi connectivity index (χ4v) is 3.48. The van der Waals surface area contributed by atoms with Crippen LogP contribution in [0.5, 0.6) is 0 Å². The number of nitrogens with one attached hydrogen (secondary N) is 2. The third kappa shape index (κ3) is 3.85. The van der Waals surface area contributed by atoms with Crippen molar-refractivity contribution in [2.24, 2.45) is 0 Å². The largest absolute Gasteiger partial charge is 0.354 e. The SMILES string of the molecule is O=C(NCCc1csc(-c2ccc(Cl)cc2)n1)C1CCCN1.